The van der Waals surface area contributed by atoms with E-state index in [1.54, 1.807) is 10.9 Å². The van der Waals surface area contributed by atoms with E-state index in [1.165, 1.54) is 0 Å². The summed E-state index contributed by atoms with van der Waals surface area (Å²) in [5.74, 6) is -0.144. The molecule has 112 valence electrons. The highest BCUT2D eigenvalue weighted by Crippen LogP contribution is 2.16. The number of hydrogen-bond donors (Lipinski definition) is 2. The summed E-state index contributed by atoms with van der Waals surface area (Å²) < 4.78 is 1.79. The molecule has 21 heavy (non-hydrogen) atoms. The first-order valence-corrected chi connectivity index (χ1v) is 7.07. The van der Waals surface area contributed by atoms with Crippen LogP contribution in [0.1, 0.15) is 29.8 Å². The summed E-state index contributed by atoms with van der Waals surface area (Å²) in [4.78, 5) is 12.2. The Hall–Kier alpha value is -2.14. The van der Waals surface area contributed by atoms with Crippen LogP contribution in [-0.4, -0.2) is 21.7 Å². The van der Waals surface area contributed by atoms with E-state index in [0.29, 0.717) is 6.42 Å². The Bertz CT molecular complexity index is 606. The van der Waals surface area contributed by atoms with Crippen LogP contribution in [0.4, 0.5) is 0 Å². The van der Waals surface area contributed by atoms with Crippen molar-refractivity contribution < 1.29 is 4.79 Å². The largest absolute Gasteiger partial charge is 0.348 e. The van der Waals surface area contributed by atoms with Crippen molar-refractivity contribution in [1.82, 2.24) is 15.1 Å². The highest BCUT2D eigenvalue weighted by Gasteiger charge is 2.19. The Morgan fingerprint density at radius 2 is 2.05 bits per heavy atom. The van der Waals surface area contributed by atoms with E-state index in [-0.39, 0.29) is 11.9 Å². The lowest BCUT2D eigenvalue weighted by Crippen LogP contribution is -2.43. The molecule has 1 heterocycles. The van der Waals surface area contributed by atoms with Gasteiger partial charge in [-0.05, 0) is 25.8 Å². The minimum Gasteiger partial charge on any atom is -0.348 e. The quantitative estimate of drug-likeness (QED) is 0.874. The summed E-state index contributed by atoms with van der Waals surface area (Å²) in [6, 6.07) is 9.13. The molecular weight excluding hydrogens is 264 g/mol. The van der Waals surface area contributed by atoms with Gasteiger partial charge in [0.1, 0.15) is 0 Å². The standard InChI is InChI=1S/C16H22N4O/c1-11(14-10-18-20(3)12(14)2)19-16(21)15(17)9-13-7-5-4-6-8-13/h4-8,10-11,15H,9,17H2,1-3H3,(H,19,21)/t11?,15-/m1/s1. The number of amides is 1. The fraction of sp³-hybridized carbons (Fsp3) is 0.375. The number of hydrogen-bond acceptors (Lipinski definition) is 3. The smallest absolute Gasteiger partial charge is 0.237 e. The number of nitrogens with one attached hydrogen (secondary N) is 1. The third kappa shape index (κ3) is 3.70. The van der Waals surface area contributed by atoms with Crippen molar-refractivity contribution in [3.8, 4) is 0 Å². The molecule has 1 amide bonds. The van der Waals surface area contributed by atoms with Gasteiger partial charge < -0.3 is 11.1 Å². The molecule has 1 unspecified atom stereocenters. The molecular formula is C16H22N4O. The predicted octanol–water partition coefficient (Wildman–Crippen LogP) is 1.48. The molecule has 0 aliphatic rings. The number of nitrogens with two attached hydrogens (primary N) is 1. The van der Waals surface area contributed by atoms with Crippen molar-refractivity contribution >= 4 is 5.91 Å². The van der Waals surface area contributed by atoms with Crippen molar-refractivity contribution in [2.45, 2.75) is 32.4 Å². The van der Waals surface area contributed by atoms with Crippen LogP contribution in [-0.2, 0) is 18.3 Å². The number of nitrogens with zero attached hydrogens (tertiary/aromatic N) is 2. The molecule has 0 fully saturated rings. The average Bonchev–Trinajstić information content (AvgIpc) is 2.80. The van der Waals surface area contributed by atoms with Crippen molar-refractivity contribution in [3.05, 3.63) is 53.3 Å². The topological polar surface area (TPSA) is 72.9 Å². The molecule has 1 aromatic heterocycles. The first-order valence-electron chi connectivity index (χ1n) is 7.07. The summed E-state index contributed by atoms with van der Waals surface area (Å²) in [5.41, 5.74) is 9.10. The molecule has 0 saturated heterocycles. The lowest BCUT2D eigenvalue weighted by molar-refractivity contribution is -0.123. The van der Waals surface area contributed by atoms with Crippen molar-refractivity contribution in [2.24, 2.45) is 12.8 Å². The highest BCUT2D eigenvalue weighted by atomic mass is 16.2. The van der Waals surface area contributed by atoms with Gasteiger partial charge in [-0.2, -0.15) is 5.10 Å². The number of benzene rings is 1. The van der Waals surface area contributed by atoms with Gasteiger partial charge in [0.25, 0.3) is 0 Å². The van der Waals surface area contributed by atoms with Gasteiger partial charge in [-0.25, -0.2) is 0 Å². The van der Waals surface area contributed by atoms with Crippen molar-refractivity contribution in [3.63, 3.8) is 0 Å². The number of rotatable bonds is 5. The van der Waals surface area contributed by atoms with Gasteiger partial charge in [0.05, 0.1) is 18.3 Å². The molecule has 0 spiro atoms. The van der Waals surface area contributed by atoms with Gasteiger partial charge in [0.2, 0.25) is 5.91 Å². The lowest BCUT2D eigenvalue weighted by atomic mass is 10.0. The first kappa shape index (κ1) is 15.3. The van der Waals surface area contributed by atoms with Crippen LogP contribution in [0.3, 0.4) is 0 Å². The molecule has 0 radical (unpaired) electrons. The molecule has 2 rings (SSSR count). The summed E-state index contributed by atoms with van der Waals surface area (Å²) in [5, 5.41) is 7.14. The van der Waals surface area contributed by atoms with Crippen molar-refractivity contribution in [2.75, 3.05) is 0 Å². The van der Waals surface area contributed by atoms with E-state index in [0.717, 1.165) is 16.8 Å². The minimum atomic E-state index is -0.549. The van der Waals surface area contributed by atoms with E-state index in [4.69, 9.17) is 5.73 Å². The Labute approximate surface area is 125 Å². The highest BCUT2D eigenvalue weighted by molar-refractivity contribution is 5.82. The molecule has 5 nitrogen and oxygen atoms in total. The van der Waals surface area contributed by atoms with Crippen LogP contribution < -0.4 is 11.1 Å². The van der Waals surface area contributed by atoms with E-state index < -0.39 is 6.04 Å². The molecule has 1 aromatic carbocycles. The molecule has 0 bridgehead atoms. The molecule has 2 atom stereocenters. The fourth-order valence-corrected chi connectivity index (χ4v) is 2.30. The van der Waals surface area contributed by atoms with Crippen LogP contribution in [0.2, 0.25) is 0 Å². The van der Waals surface area contributed by atoms with Crippen LogP contribution in [0, 0.1) is 6.92 Å². The molecule has 3 N–H and O–H groups in total. The molecule has 0 saturated carbocycles. The number of carbonyl (C=O) groups is 1. The summed E-state index contributed by atoms with van der Waals surface area (Å²) in [6.45, 7) is 3.92. The third-order valence-corrected chi connectivity index (χ3v) is 3.73. The van der Waals surface area contributed by atoms with Crippen LogP contribution in [0.5, 0.6) is 0 Å². The second-order valence-electron chi connectivity index (χ2n) is 5.34. The third-order valence-electron chi connectivity index (χ3n) is 3.73. The number of carbonyl (C=O) groups excluding carboxylic acids is 1. The van der Waals surface area contributed by atoms with E-state index in [2.05, 4.69) is 10.4 Å². The Morgan fingerprint density at radius 1 is 1.38 bits per heavy atom. The SMILES string of the molecule is Cc1c(C(C)NC(=O)[C@H](N)Cc2ccccc2)cnn1C. The van der Waals surface area contributed by atoms with Gasteiger partial charge in [0.15, 0.2) is 0 Å². The molecule has 0 aliphatic heterocycles. The normalized spacial score (nSPS) is 13.7. The van der Waals surface area contributed by atoms with Gasteiger partial charge in [-0.3, -0.25) is 9.48 Å². The van der Waals surface area contributed by atoms with Gasteiger partial charge in [-0.15, -0.1) is 0 Å². The monoisotopic (exact) mass is 286 g/mol. The molecule has 0 aliphatic carbocycles. The molecule has 2 aromatic rings. The maximum absolute atomic E-state index is 12.2. The Balaban J connectivity index is 1.96. The van der Waals surface area contributed by atoms with Crippen LogP contribution >= 0.6 is 0 Å². The first-order chi connectivity index (χ1) is 9.99. The zero-order chi connectivity index (χ0) is 15.4. The summed E-state index contributed by atoms with van der Waals surface area (Å²) in [6.07, 6.45) is 2.31. The maximum Gasteiger partial charge on any atom is 0.237 e. The van der Waals surface area contributed by atoms with Crippen LogP contribution in [0.15, 0.2) is 36.5 Å². The van der Waals surface area contributed by atoms with Crippen LogP contribution in [0.25, 0.3) is 0 Å². The van der Waals surface area contributed by atoms with Gasteiger partial charge in [0, 0.05) is 18.3 Å². The predicted molar refractivity (Wildman–Crippen MR) is 82.6 cm³/mol. The second-order valence-corrected chi connectivity index (χ2v) is 5.34. The minimum absolute atomic E-state index is 0.104. The lowest BCUT2D eigenvalue weighted by Gasteiger charge is -2.17. The molecule has 5 heteroatoms. The Morgan fingerprint density at radius 3 is 2.62 bits per heavy atom. The zero-order valence-electron chi connectivity index (χ0n) is 12.7. The van der Waals surface area contributed by atoms with Gasteiger partial charge in [-0.1, -0.05) is 30.3 Å². The maximum atomic E-state index is 12.2. The summed E-state index contributed by atoms with van der Waals surface area (Å²) in [7, 11) is 1.88. The van der Waals surface area contributed by atoms with Gasteiger partial charge >= 0.3 is 0 Å². The second kappa shape index (κ2) is 6.54. The average molecular weight is 286 g/mol. The fourth-order valence-electron chi connectivity index (χ4n) is 2.30. The van der Waals surface area contributed by atoms with E-state index >= 15 is 0 Å². The number of aryl methyl sites for hydroxylation is 1. The van der Waals surface area contributed by atoms with Crippen molar-refractivity contribution in [1.29, 1.82) is 0 Å². The van der Waals surface area contributed by atoms with E-state index in [9.17, 15) is 4.79 Å². The zero-order valence-corrected chi connectivity index (χ0v) is 12.7. The summed E-state index contributed by atoms with van der Waals surface area (Å²) >= 11 is 0. The Kier molecular flexibility index (Phi) is 4.75. The number of aromatic nitrogens is 2. The van der Waals surface area contributed by atoms with E-state index in [1.807, 2.05) is 51.2 Å².